The van der Waals surface area contributed by atoms with Crippen molar-refractivity contribution in [2.75, 3.05) is 34.3 Å². The number of anilines is 4. The number of hydrogen-bond acceptors (Lipinski definition) is 5. The predicted octanol–water partition coefficient (Wildman–Crippen LogP) is 3.35. The lowest BCUT2D eigenvalue weighted by Crippen LogP contribution is -2.21. The largest absolute Gasteiger partial charge is 0.372 e. The first kappa shape index (κ1) is 18.1. The lowest BCUT2D eigenvalue weighted by Gasteiger charge is -2.22. The van der Waals surface area contributed by atoms with Gasteiger partial charge in [0.05, 0.1) is 18.1 Å². The van der Waals surface area contributed by atoms with E-state index in [9.17, 15) is 8.42 Å². The van der Waals surface area contributed by atoms with Crippen LogP contribution >= 0.6 is 0 Å². The SMILES string of the molecule is CCN(CC)c1ccc(Nc2ccc(NS(C)(=O)=O)cn2)c(C)c1. The fourth-order valence-electron chi connectivity index (χ4n) is 2.45. The Hall–Kier alpha value is -2.28. The first-order valence-corrected chi connectivity index (χ1v) is 9.78. The summed E-state index contributed by atoms with van der Waals surface area (Å²) < 4.78 is 24.8. The van der Waals surface area contributed by atoms with E-state index in [1.54, 1.807) is 12.1 Å². The zero-order chi connectivity index (χ0) is 17.7. The average Bonchev–Trinajstić information content (AvgIpc) is 2.51. The van der Waals surface area contributed by atoms with Crippen molar-refractivity contribution in [3.05, 3.63) is 42.1 Å². The molecule has 7 heteroatoms. The van der Waals surface area contributed by atoms with Gasteiger partial charge in [0, 0.05) is 24.5 Å². The summed E-state index contributed by atoms with van der Waals surface area (Å²) in [6.07, 6.45) is 2.60. The highest BCUT2D eigenvalue weighted by Gasteiger charge is 2.06. The minimum atomic E-state index is -3.29. The predicted molar refractivity (Wildman–Crippen MR) is 101 cm³/mol. The van der Waals surface area contributed by atoms with E-state index in [2.05, 4.69) is 52.8 Å². The van der Waals surface area contributed by atoms with Crippen molar-refractivity contribution < 1.29 is 8.42 Å². The lowest BCUT2D eigenvalue weighted by molar-refractivity contribution is 0.607. The second kappa shape index (κ2) is 7.53. The number of hydrogen-bond donors (Lipinski definition) is 2. The normalized spacial score (nSPS) is 11.2. The smallest absolute Gasteiger partial charge is 0.229 e. The highest BCUT2D eigenvalue weighted by Crippen LogP contribution is 2.25. The van der Waals surface area contributed by atoms with Gasteiger partial charge in [-0.05, 0) is 56.7 Å². The van der Waals surface area contributed by atoms with Gasteiger partial charge in [0.2, 0.25) is 10.0 Å². The van der Waals surface area contributed by atoms with E-state index in [1.807, 2.05) is 6.07 Å². The van der Waals surface area contributed by atoms with Crippen molar-refractivity contribution in [1.29, 1.82) is 0 Å². The van der Waals surface area contributed by atoms with Crippen molar-refractivity contribution in [2.24, 2.45) is 0 Å². The van der Waals surface area contributed by atoms with Crippen LogP contribution in [0.5, 0.6) is 0 Å². The third kappa shape index (κ3) is 4.86. The van der Waals surface area contributed by atoms with E-state index in [-0.39, 0.29) is 0 Å². The summed E-state index contributed by atoms with van der Waals surface area (Å²) in [4.78, 5) is 6.53. The van der Waals surface area contributed by atoms with Crippen LogP contribution < -0.4 is 14.9 Å². The summed E-state index contributed by atoms with van der Waals surface area (Å²) in [6, 6.07) is 9.69. The van der Waals surface area contributed by atoms with Crippen LogP contribution in [-0.4, -0.2) is 32.7 Å². The highest BCUT2D eigenvalue weighted by atomic mass is 32.2. The number of aryl methyl sites for hydroxylation is 1. The monoisotopic (exact) mass is 348 g/mol. The molecule has 0 saturated heterocycles. The van der Waals surface area contributed by atoms with Gasteiger partial charge in [-0.2, -0.15) is 0 Å². The lowest BCUT2D eigenvalue weighted by atomic mass is 10.1. The summed E-state index contributed by atoms with van der Waals surface area (Å²) in [6.45, 7) is 8.27. The van der Waals surface area contributed by atoms with Crippen molar-refractivity contribution >= 4 is 32.9 Å². The molecule has 0 spiro atoms. The molecule has 0 fully saturated rings. The number of pyridine rings is 1. The maximum Gasteiger partial charge on any atom is 0.229 e. The molecule has 2 aromatic rings. The molecule has 0 bridgehead atoms. The fraction of sp³-hybridized carbons (Fsp3) is 0.353. The number of sulfonamides is 1. The first-order valence-electron chi connectivity index (χ1n) is 7.89. The van der Waals surface area contributed by atoms with Crippen molar-refractivity contribution in [3.63, 3.8) is 0 Å². The molecule has 0 aliphatic carbocycles. The molecular weight excluding hydrogens is 324 g/mol. The Labute approximate surface area is 144 Å². The van der Waals surface area contributed by atoms with Gasteiger partial charge in [0.1, 0.15) is 5.82 Å². The number of aromatic nitrogens is 1. The minimum Gasteiger partial charge on any atom is -0.372 e. The third-order valence-corrected chi connectivity index (χ3v) is 4.27. The van der Waals surface area contributed by atoms with Crippen LogP contribution in [0.15, 0.2) is 36.5 Å². The van der Waals surface area contributed by atoms with Gasteiger partial charge < -0.3 is 10.2 Å². The molecule has 2 N–H and O–H groups in total. The number of nitrogens with one attached hydrogen (secondary N) is 2. The van der Waals surface area contributed by atoms with E-state index < -0.39 is 10.0 Å². The average molecular weight is 348 g/mol. The van der Waals surface area contributed by atoms with E-state index in [0.717, 1.165) is 30.6 Å². The van der Waals surface area contributed by atoms with Crippen LogP contribution in [0.2, 0.25) is 0 Å². The van der Waals surface area contributed by atoms with Crippen molar-refractivity contribution in [3.8, 4) is 0 Å². The van der Waals surface area contributed by atoms with Gasteiger partial charge in [0.15, 0.2) is 0 Å². The molecule has 0 atom stereocenters. The summed E-state index contributed by atoms with van der Waals surface area (Å²) in [5, 5.41) is 3.26. The molecule has 0 radical (unpaired) electrons. The fourth-order valence-corrected chi connectivity index (χ4v) is 3.00. The summed E-state index contributed by atoms with van der Waals surface area (Å²) in [5.74, 6) is 0.660. The van der Waals surface area contributed by atoms with Crippen LogP contribution in [0.25, 0.3) is 0 Å². The topological polar surface area (TPSA) is 74.3 Å². The molecule has 0 aliphatic heterocycles. The summed E-state index contributed by atoms with van der Waals surface area (Å²) in [7, 11) is -3.29. The minimum absolute atomic E-state index is 0.441. The molecule has 2 rings (SSSR count). The molecule has 0 unspecified atom stereocenters. The Morgan fingerprint density at radius 1 is 1.12 bits per heavy atom. The molecular formula is C17H24N4O2S. The Bertz CT molecular complexity index is 785. The Morgan fingerprint density at radius 2 is 1.83 bits per heavy atom. The van der Waals surface area contributed by atoms with Gasteiger partial charge in [-0.3, -0.25) is 4.72 Å². The highest BCUT2D eigenvalue weighted by molar-refractivity contribution is 7.92. The maximum atomic E-state index is 11.2. The van der Waals surface area contributed by atoms with Gasteiger partial charge in [-0.15, -0.1) is 0 Å². The molecule has 6 nitrogen and oxygen atoms in total. The van der Waals surface area contributed by atoms with E-state index in [1.165, 1.54) is 11.9 Å². The zero-order valence-corrected chi connectivity index (χ0v) is 15.3. The van der Waals surface area contributed by atoms with Gasteiger partial charge in [-0.1, -0.05) is 0 Å². The van der Waals surface area contributed by atoms with E-state index >= 15 is 0 Å². The molecule has 0 aliphatic rings. The van der Waals surface area contributed by atoms with Crippen LogP contribution in [0.1, 0.15) is 19.4 Å². The van der Waals surface area contributed by atoms with E-state index in [4.69, 9.17) is 0 Å². The molecule has 0 saturated carbocycles. The summed E-state index contributed by atoms with van der Waals surface area (Å²) >= 11 is 0. The molecule has 130 valence electrons. The third-order valence-electron chi connectivity index (χ3n) is 3.67. The quantitative estimate of drug-likeness (QED) is 0.803. The van der Waals surface area contributed by atoms with Gasteiger partial charge >= 0.3 is 0 Å². The number of rotatable bonds is 7. The van der Waals surface area contributed by atoms with Crippen LogP contribution in [-0.2, 0) is 10.0 Å². The second-order valence-corrected chi connectivity index (χ2v) is 7.35. The molecule has 1 aromatic heterocycles. The van der Waals surface area contributed by atoms with E-state index in [0.29, 0.717) is 11.5 Å². The molecule has 24 heavy (non-hydrogen) atoms. The Morgan fingerprint density at radius 3 is 2.33 bits per heavy atom. The summed E-state index contributed by atoms with van der Waals surface area (Å²) in [5.41, 5.74) is 3.74. The number of benzene rings is 1. The van der Waals surface area contributed by atoms with Gasteiger partial charge in [0.25, 0.3) is 0 Å². The molecule has 1 heterocycles. The molecule has 0 amide bonds. The maximum absolute atomic E-state index is 11.2. The Balaban J connectivity index is 2.13. The van der Waals surface area contributed by atoms with Crippen LogP contribution in [0.4, 0.5) is 22.9 Å². The Kier molecular flexibility index (Phi) is 5.66. The van der Waals surface area contributed by atoms with Crippen molar-refractivity contribution in [1.82, 2.24) is 4.98 Å². The zero-order valence-electron chi connectivity index (χ0n) is 14.5. The van der Waals surface area contributed by atoms with Crippen molar-refractivity contribution in [2.45, 2.75) is 20.8 Å². The number of nitrogens with zero attached hydrogens (tertiary/aromatic N) is 2. The van der Waals surface area contributed by atoms with Crippen LogP contribution in [0, 0.1) is 6.92 Å². The molecule has 1 aromatic carbocycles. The second-order valence-electron chi connectivity index (χ2n) is 5.60. The first-order chi connectivity index (χ1) is 11.3. The van der Waals surface area contributed by atoms with Gasteiger partial charge in [-0.25, -0.2) is 13.4 Å². The van der Waals surface area contributed by atoms with Crippen LogP contribution in [0.3, 0.4) is 0 Å². The standard InChI is InChI=1S/C17H24N4O2S/c1-5-21(6-2)15-8-9-16(13(3)11-15)19-17-10-7-14(12-18-17)20-24(4,22)23/h7-12,20H,5-6H2,1-4H3,(H,18,19).